The topological polar surface area (TPSA) is 15.3 Å². The highest BCUT2D eigenvalue weighted by Gasteiger charge is 2.42. The van der Waals surface area contributed by atoms with Crippen LogP contribution < -0.4 is 5.32 Å². The zero-order valence-corrected chi connectivity index (χ0v) is 11.8. The van der Waals surface area contributed by atoms with Crippen LogP contribution in [0.5, 0.6) is 0 Å². The van der Waals surface area contributed by atoms with Gasteiger partial charge in [0.2, 0.25) is 0 Å². The molecule has 1 spiro atoms. The second-order valence-corrected chi connectivity index (χ2v) is 6.54. The van der Waals surface area contributed by atoms with E-state index < -0.39 is 0 Å². The number of piperazine rings is 1. The summed E-state index contributed by atoms with van der Waals surface area (Å²) in [7, 11) is 0. The summed E-state index contributed by atoms with van der Waals surface area (Å²) >= 11 is 0. The van der Waals surface area contributed by atoms with Gasteiger partial charge in [0.15, 0.2) is 0 Å². The first-order valence-electron chi connectivity index (χ1n) is 7.99. The van der Waals surface area contributed by atoms with Gasteiger partial charge in [-0.25, -0.2) is 0 Å². The second kappa shape index (κ2) is 5.34. The minimum atomic E-state index is 0.479. The van der Waals surface area contributed by atoms with Crippen molar-refractivity contribution < 1.29 is 0 Å². The molecule has 18 heavy (non-hydrogen) atoms. The minimum Gasteiger partial charge on any atom is -0.308 e. The van der Waals surface area contributed by atoms with Crippen LogP contribution in [0.2, 0.25) is 0 Å². The number of nitrogens with one attached hydrogen (secondary N) is 1. The van der Waals surface area contributed by atoms with Crippen molar-refractivity contribution in [3.8, 4) is 0 Å². The lowest BCUT2D eigenvalue weighted by Crippen LogP contribution is -2.65. The van der Waals surface area contributed by atoms with Gasteiger partial charge in [-0.3, -0.25) is 4.90 Å². The molecule has 2 nitrogen and oxygen atoms in total. The van der Waals surface area contributed by atoms with Crippen LogP contribution in [0.25, 0.3) is 0 Å². The summed E-state index contributed by atoms with van der Waals surface area (Å²) in [5.41, 5.74) is 0.479. The van der Waals surface area contributed by atoms with Gasteiger partial charge in [0.1, 0.15) is 0 Å². The van der Waals surface area contributed by atoms with E-state index in [4.69, 9.17) is 0 Å². The minimum absolute atomic E-state index is 0.479. The average molecular weight is 248 g/mol. The van der Waals surface area contributed by atoms with Crippen molar-refractivity contribution in [2.45, 2.75) is 75.9 Å². The largest absolute Gasteiger partial charge is 0.308 e. The summed E-state index contributed by atoms with van der Waals surface area (Å²) in [5.74, 6) is 0. The molecular formula is C16H28N2. The zero-order valence-electron chi connectivity index (χ0n) is 11.8. The maximum atomic E-state index is 3.90. The van der Waals surface area contributed by atoms with Crippen LogP contribution in [0.15, 0.2) is 12.2 Å². The Morgan fingerprint density at radius 2 is 2.11 bits per heavy atom. The third kappa shape index (κ3) is 2.37. The van der Waals surface area contributed by atoms with Gasteiger partial charge in [0, 0.05) is 30.7 Å². The Labute approximate surface area is 112 Å². The lowest BCUT2D eigenvalue weighted by Gasteiger charge is -2.50. The van der Waals surface area contributed by atoms with E-state index in [1.165, 1.54) is 64.5 Å². The van der Waals surface area contributed by atoms with E-state index in [0.29, 0.717) is 5.54 Å². The molecule has 2 atom stereocenters. The molecule has 0 aromatic carbocycles. The summed E-state index contributed by atoms with van der Waals surface area (Å²) in [4.78, 5) is 2.87. The molecule has 2 fully saturated rings. The summed E-state index contributed by atoms with van der Waals surface area (Å²) < 4.78 is 0. The SMILES string of the molecule is CCC1CNC2(CCCC2)CN1C1CC=CCC1. The fraction of sp³-hybridized carbons (Fsp3) is 0.875. The predicted octanol–water partition coefficient (Wildman–Crippen LogP) is 3.09. The van der Waals surface area contributed by atoms with E-state index in [-0.39, 0.29) is 0 Å². The van der Waals surface area contributed by atoms with Crippen molar-refractivity contribution in [1.29, 1.82) is 0 Å². The molecule has 1 N–H and O–H groups in total. The molecule has 2 heteroatoms. The molecule has 102 valence electrons. The third-order valence-electron chi connectivity index (χ3n) is 5.41. The van der Waals surface area contributed by atoms with E-state index in [0.717, 1.165) is 12.1 Å². The lowest BCUT2D eigenvalue weighted by atomic mass is 9.88. The molecule has 2 aliphatic carbocycles. The highest BCUT2D eigenvalue weighted by Crippen LogP contribution is 2.35. The Bertz CT molecular complexity index is 304. The molecular weight excluding hydrogens is 220 g/mol. The van der Waals surface area contributed by atoms with Gasteiger partial charge in [-0.05, 0) is 38.5 Å². The molecule has 0 bridgehead atoms. The Morgan fingerprint density at radius 1 is 1.28 bits per heavy atom. The molecule has 1 heterocycles. The number of hydrogen-bond acceptors (Lipinski definition) is 2. The van der Waals surface area contributed by atoms with Gasteiger partial charge in [0.05, 0.1) is 0 Å². The van der Waals surface area contributed by atoms with E-state index in [1.54, 1.807) is 0 Å². The Morgan fingerprint density at radius 3 is 2.78 bits per heavy atom. The van der Waals surface area contributed by atoms with E-state index in [9.17, 15) is 0 Å². The molecule has 1 saturated carbocycles. The quantitative estimate of drug-likeness (QED) is 0.756. The van der Waals surface area contributed by atoms with Crippen molar-refractivity contribution in [1.82, 2.24) is 10.2 Å². The molecule has 0 aromatic rings. The monoisotopic (exact) mass is 248 g/mol. The molecule has 3 rings (SSSR count). The van der Waals surface area contributed by atoms with Gasteiger partial charge >= 0.3 is 0 Å². The van der Waals surface area contributed by atoms with Crippen LogP contribution in [0.1, 0.15) is 58.3 Å². The van der Waals surface area contributed by atoms with Crippen LogP contribution in [0.3, 0.4) is 0 Å². The highest BCUT2D eigenvalue weighted by atomic mass is 15.3. The predicted molar refractivity (Wildman–Crippen MR) is 76.8 cm³/mol. The fourth-order valence-electron chi connectivity index (χ4n) is 4.26. The van der Waals surface area contributed by atoms with Gasteiger partial charge < -0.3 is 5.32 Å². The van der Waals surface area contributed by atoms with Crippen molar-refractivity contribution >= 4 is 0 Å². The number of nitrogens with zero attached hydrogens (tertiary/aromatic N) is 1. The first kappa shape index (κ1) is 12.7. The van der Waals surface area contributed by atoms with Crippen LogP contribution in [0.4, 0.5) is 0 Å². The standard InChI is InChI=1S/C16H28N2/c1-2-14-12-17-16(10-6-7-11-16)13-18(14)15-8-4-3-5-9-15/h3-4,14-15,17H,2,5-13H2,1H3. The van der Waals surface area contributed by atoms with Gasteiger partial charge in [-0.2, -0.15) is 0 Å². The van der Waals surface area contributed by atoms with Crippen LogP contribution in [-0.2, 0) is 0 Å². The first-order valence-corrected chi connectivity index (χ1v) is 7.99. The van der Waals surface area contributed by atoms with E-state index >= 15 is 0 Å². The zero-order chi connectivity index (χ0) is 12.4. The Balaban J connectivity index is 1.72. The third-order valence-corrected chi connectivity index (χ3v) is 5.41. The van der Waals surface area contributed by atoms with Gasteiger partial charge in [0.25, 0.3) is 0 Å². The Kier molecular flexibility index (Phi) is 3.76. The number of allylic oxidation sites excluding steroid dienone is 1. The van der Waals surface area contributed by atoms with Crippen LogP contribution >= 0.6 is 0 Å². The second-order valence-electron chi connectivity index (χ2n) is 6.54. The summed E-state index contributed by atoms with van der Waals surface area (Å²) in [6.07, 6.45) is 15.7. The molecule has 0 radical (unpaired) electrons. The molecule has 3 aliphatic rings. The normalized spacial score (nSPS) is 36.3. The fourth-order valence-corrected chi connectivity index (χ4v) is 4.26. The van der Waals surface area contributed by atoms with E-state index in [1.807, 2.05) is 0 Å². The molecule has 1 aliphatic heterocycles. The number of hydrogen-bond donors (Lipinski definition) is 1. The van der Waals surface area contributed by atoms with Crippen molar-refractivity contribution in [3.63, 3.8) is 0 Å². The van der Waals surface area contributed by atoms with Crippen molar-refractivity contribution in [3.05, 3.63) is 12.2 Å². The van der Waals surface area contributed by atoms with E-state index in [2.05, 4.69) is 29.3 Å². The number of rotatable bonds is 2. The average Bonchev–Trinajstić information content (AvgIpc) is 2.88. The maximum absolute atomic E-state index is 3.90. The van der Waals surface area contributed by atoms with Gasteiger partial charge in [-0.15, -0.1) is 0 Å². The van der Waals surface area contributed by atoms with Crippen LogP contribution in [-0.4, -0.2) is 35.6 Å². The summed E-state index contributed by atoms with van der Waals surface area (Å²) in [6.45, 7) is 4.88. The summed E-state index contributed by atoms with van der Waals surface area (Å²) in [6, 6.07) is 1.59. The Hall–Kier alpha value is -0.340. The van der Waals surface area contributed by atoms with Crippen molar-refractivity contribution in [2.75, 3.05) is 13.1 Å². The maximum Gasteiger partial charge on any atom is 0.0309 e. The molecule has 1 saturated heterocycles. The van der Waals surface area contributed by atoms with Crippen LogP contribution in [0, 0.1) is 0 Å². The molecule has 0 aromatic heterocycles. The first-order chi connectivity index (χ1) is 8.83. The van der Waals surface area contributed by atoms with Crippen molar-refractivity contribution in [2.24, 2.45) is 0 Å². The summed E-state index contributed by atoms with van der Waals surface area (Å²) in [5, 5.41) is 3.90. The van der Waals surface area contributed by atoms with Gasteiger partial charge in [-0.1, -0.05) is 31.9 Å². The molecule has 2 unspecified atom stereocenters. The lowest BCUT2D eigenvalue weighted by molar-refractivity contribution is 0.0371. The highest BCUT2D eigenvalue weighted by molar-refractivity contribution is 5.04. The molecule has 0 amide bonds. The smallest absolute Gasteiger partial charge is 0.0309 e.